The lowest BCUT2D eigenvalue weighted by molar-refractivity contribution is 0.0555. The average molecular weight is 259 g/mol. The zero-order valence-electron chi connectivity index (χ0n) is 11.5. The first-order valence-corrected chi connectivity index (χ1v) is 6.63. The van der Waals surface area contributed by atoms with Crippen LogP contribution in [0.5, 0.6) is 0 Å². The fourth-order valence-corrected chi connectivity index (χ4v) is 1.77. The molecular formula is C15H21N3O. The largest absolute Gasteiger partial charge is 0.389 e. The van der Waals surface area contributed by atoms with E-state index in [-0.39, 0.29) is 0 Å². The molecule has 0 saturated carbocycles. The molecule has 4 nitrogen and oxygen atoms in total. The van der Waals surface area contributed by atoms with Crippen molar-refractivity contribution in [2.24, 2.45) is 0 Å². The highest BCUT2D eigenvalue weighted by molar-refractivity contribution is 5.30. The molecule has 0 aliphatic rings. The van der Waals surface area contributed by atoms with Crippen LogP contribution in [-0.4, -0.2) is 27.0 Å². The number of aliphatic hydroxyl groups is 1. The van der Waals surface area contributed by atoms with Gasteiger partial charge in [-0.2, -0.15) is 5.10 Å². The molecule has 0 amide bonds. The van der Waals surface area contributed by atoms with E-state index in [1.807, 2.05) is 61.3 Å². The minimum Gasteiger partial charge on any atom is -0.389 e. The number of hydrogen-bond acceptors (Lipinski definition) is 3. The van der Waals surface area contributed by atoms with Crippen LogP contribution in [0.1, 0.15) is 25.8 Å². The lowest BCUT2D eigenvalue weighted by atomic mass is 10.0. The Balaban J connectivity index is 1.92. The summed E-state index contributed by atoms with van der Waals surface area (Å²) < 4.78 is 1.86. The fourth-order valence-electron chi connectivity index (χ4n) is 1.77. The highest BCUT2D eigenvalue weighted by Gasteiger charge is 2.16. The summed E-state index contributed by atoms with van der Waals surface area (Å²) in [5.41, 5.74) is 1.51. The van der Waals surface area contributed by atoms with Gasteiger partial charge < -0.3 is 10.4 Å². The van der Waals surface area contributed by atoms with Crippen LogP contribution in [0.15, 0.2) is 42.7 Å². The van der Waals surface area contributed by atoms with Crippen LogP contribution in [0.3, 0.4) is 0 Å². The molecule has 0 bridgehead atoms. The molecule has 0 radical (unpaired) electrons. The second kappa shape index (κ2) is 5.99. The first-order valence-electron chi connectivity index (χ1n) is 6.63. The van der Waals surface area contributed by atoms with Gasteiger partial charge in [0, 0.05) is 24.8 Å². The predicted octanol–water partition coefficient (Wildman–Crippen LogP) is 2.12. The summed E-state index contributed by atoms with van der Waals surface area (Å²) in [4.78, 5) is 0. The minimum absolute atomic E-state index is 0.583. The zero-order valence-corrected chi connectivity index (χ0v) is 11.5. The van der Waals surface area contributed by atoms with Crippen molar-refractivity contribution in [1.29, 1.82) is 0 Å². The molecule has 2 N–H and O–H groups in total. The second-order valence-electron chi connectivity index (χ2n) is 5.08. The van der Waals surface area contributed by atoms with Crippen LogP contribution in [0.25, 0.3) is 5.69 Å². The molecule has 1 aromatic heterocycles. The maximum Gasteiger partial charge on any atom is 0.0741 e. The fraction of sp³-hybridized carbons (Fsp3) is 0.400. The van der Waals surface area contributed by atoms with Crippen molar-refractivity contribution in [1.82, 2.24) is 15.1 Å². The molecule has 0 spiro atoms. The Kier molecular flexibility index (Phi) is 4.35. The molecule has 4 heteroatoms. The van der Waals surface area contributed by atoms with Crippen LogP contribution in [0.4, 0.5) is 0 Å². The van der Waals surface area contributed by atoms with Crippen molar-refractivity contribution >= 4 is 0 Å². The van der Waals surface area contributed by atoms with Gasteiger partial charge in [-0.05, 0) is 25.5 Å². The number of rotatable bonds is 6. The van der Waals surface area contributed by atoms with Gasteiger partial charge in [0.05, 0.1) is 17.5 Å². The SMILES string of the molecule is CCC(C)(O)CNCc1cnn(-c2ccccc2)c1. The van der Waals surface area contributed by atoms with E-state index < -0.39 is 5.60 Å². The van der Waals surface area contributed by atoms with Gasteiger partial charge in [-0.15, -0.1) is 0 Å². The number of benzene rings is 1. The van der Waals surface area contributed by atoms with Crippen LogP contribution in [-0.2, 0) is 6.54 Å². The molecule has 1 heterocycles. The van der Waals surface area contributed by atoms with Crippen molar-refractivity contribution in [3.63, 3.8) is 0 Å². The number of para-hydroxylation sites is 1. The van der Waals surface area contributed by atoms with Crippen molar-refractivity contribution in [2.75, 3.05) is 6.54 Å². The molecule has 1 unspecified atom stereocenters. The van der Waals surface area contributed by atoms with Gasteiger partial charge in [0.15, 0.2) is 0 Å². The van der Waals surface area contributed by atoms with Crippen molar-refractivity contribution in [3.05, 3.63) is 48.3 Å². The lowest BCUT2D eigenvalue weighted by Crippen LogP contribution is -2.36. The Morgan fingerprint density at radius 2 is 2.05 bits per heavy atom. The van der Waals surface area contributed by atoms with E-state index in [1.54, 1.807) is 0 Å². The molecule has 1 atom stereocenters. The summed E-state index contributed by atoms with van der Waals surface area (Å²) in [6, 6.07) is 10.0. The highest BCUT2D eigenvalue weighted by atomic mass is 16.3. The van der Waals surface area contributed by atoms with Gasteiger partial charge in [0.2, 0.25) is 0 Å². The lowest BCUT2D eigenvalue weighted by Gasteiger charge is -2.21. The summed E-state index contributed by atoms with van der Waals surface area (Å²) in [6.07, 6.45) is 4.59. The normalized spacial score (nSPS) is 14.3. The maximum absolute atomic E-state index is 9.90. The third kappa shape index (κ3) is 3.91. The summed E-state index contributed by atoms with van der Waals surface area (Å²) >= 11 is 0. The van der Waals surface area contributed by atoms with Crippen LogP contribution in [0, 0.1) is 0 Å². The summed E-state index contributed by atoms with van der Waals surface area (Å²) in [5.74, 6) is 0. The molecule has 0 aliphatic carbocycles. The van der Waals surface area contributed by atoms with Gasteiger partial charge in [-0.25, -0.2) is 4.68 Å². The summed E-state index contributed by atoms with van der Waals surface area (Å²) in [7, 11) is 0. The van der Waals surface area contributed by atoms with E-state index in [0.29, 0.717) is 13.1 Å². The van der Waals surface area contributed by atoms with E-state index in [0.717, 1.165) is 17.7 Å². The van der Waals surface area contributed by atoms with Gasteiger partial charge in [0.25, 0.3) is 0 Å². The van der Waals surface area contributed by atoms with Gasteiger partial charge in [-0.3, -0.25) is 0 Å². The van der Waals surface area contributed by atoms with Crippen molar-refractivity contribution < 1.29 is 5.11 Å². The minimum atomic E-state index is -0.643. The van der Waals surface area contributed by atoms with E-state index in [1.165, 1.54) is 0 Å². The molecule has 0 saturated heterocycles. The quantitative estimate of drug-likeness (QED) is 0.835. The van der Waals surface area contributed by atoms with Crippen LogP contribution in [0.2, 0.25) is 0 Å². The monoisotopic (exact) mass is 259 g/mol. The molecule has 2 rings (SSSR count). The van der Waals surface area contributed by atoms with Gasteiger partial charge in [-0.1, -0.05) is 25.1 Å². The van der Waals surface area contributed by atoms with E-state index in [4.69, 9.17) is 0 Å². The summed E-state index contributed by atoms with van der Waals surface area (Å²) in [5, 5.41) is 17.5. The molecule has 1 aromatic carbocycles. The highest BCUT2D eigenvalue weighted by Crippen LogP contribution is 2.09. The first-order chi connectivity index (χ1) is 9.11. The summed E-state index contributed by atoms with van der Waals surface area (Å²) in [6.45, 7) is 5.12. The topological polar surface area (TPSA) is 50.1 Å². The van der Waals surface area contributed by atoms with E-state index >= 15 is 0 Å². The molecule has 0 fully saturated rings. The maximum atomic E-state index is 9.90. The molecule has 102 valence electrons. The van der Waals surface area contributed by atoms with Crippen molar-refractivity contribution in [2.45, 2.75) is 32.4 Å². The Morgan fingerprint density at radius 3 is 2.74 bits per heavy atom. The number of aromatic nitrogens is 2. The molecule has 19 heavy (non-hydrogen) atoms. The van der Waals surface area contributed by atoms with Crippen LogP contribution >= 0.6 is 0 Å². The number of nitrogens with zero attached hydrogens (tertiary/aromatic N) is 2. The zero-order chi connectivity index (χ0) is 13.7. The molecular weight excluding hydrogens is 238 g/mol. The second-order valence-corrected chi connectivity index (χ2v) is 5.08. The Morgan fingerprint density at radius 1 is 1.32 bits per heavy atom. The number of nitrogens with one attached hydrogen (secondary N) is 1. The van der Waals surface area contributed by atoms with Gasteiger partial charge >= 0.3 is 0 Å². The Hall–Kier alpha value is -1.65. The third-order valence-electron chi connectivity index (χ3n) is 3.25. The van der Waals surface area contributed by atoms with Crippen LogP contribution < -0.4 is 5.32 Å². The molecule has 2 aromatic rings. The smallest absolute Gasteiger partial charge is 0.0741 e. The molecule has 0 aliphatic heterocycles. The Bertz CT molecular complexity index is 505. The standard InChI is InChI=1S/C15H21N3O/c1-3-15(2,19)12-16-9-13-10-17-18(11-13)14-7-5-4-6-8-14/h4-8,10-11,16,19H,3,9,12H2,1-2H3. The van der Waals surface area contributed by atoms with E-state index in [2.05, 4.69) is 10.4 Å². The third-order valence-corrected chi connectivity index (χ3v) is 3.25. The van der Waals surface area contributed by atoms with Crippen molar-refractivity contribution in [3.8, 4) is 5.69 Å². The Labute approximate surface area is 114 Å². The number of hydrogen-bond donors (Lipinski definition) is 2. The first kappa shape index (κ1) is 13.8. The van der Waals surface area contributed by atoms with E-state index in [9.17, 15) is 5.11 Å². The van der Waals surface area contributed by atoms with Gasteiger partial charge in [0.1, 0.15) is 0 Å². The average Bonchev–Trinajstić information content (AvgIpc) is 2.88. The predicted molar refractivity (Wildman–Crippen MR) is 76.2 cm³/mol.